The third kappa shape index (κ3) is 3.55. The van der Waals surface area contributed by atoms with Gasteiger partial charge in [-0.15, -0.1) is 0 Å². The predicted molar refractivity (Wildman–Crippen MR) is 47.4 cm³/mol. The predicted octanol–water partition coefficient (Wildman–Crippen LogP) is 0.318. The Hall–Kier alpha value is -1.39. The van der Waals surface area contributed by atoms with Gasteiger partial charge in [0.2, 0.25) is 5.78 Å². The molecule has 0 aliphatic rings. The minimum Gasteiger partial charge on any atom is -0.469 e. The molecule has 0 spiro atoms. The van der Waals surface area contributed by atoms with Crippen LogP contribution < -0.4 is 0 Å². The van der Waals surface area contributed by atoms with Crippen LogP contribution in [-0.2, 0) is 23.9 Å². The van der Waals surface area contributed by atoms with E-state index in [-0.39, 0.29) is 6.42 Å². The third-order valence-corrected chi connectivity index (χ3v) is 1.89. The second-order valence-electron chi connectivity index (χ2n) is 2.74. The van der Waals surface area contributed by atoms with E-state index < -0.39 is 23.6 Å². The molecule has 0 aromatic carbocycles. The zero-order valence-electron chi connectivity index (χ0n) is 8.53. The Morgan fingerprint density at radius 1 is 1.14 bits per heavy atom. The number of ether oxygens (including phenoxy) is 2. The highest BCUT2D eigenvalue weighted by Gasteiger charge is 2.26. The van der Waals surface area contributed by atoms with E-state index in [1.807, 2.05) is 0 Å². The van der Waals surface area contributed by atoms with Crippen molar-refractivity contribution in [2.45, 2.75) is 19.8 Å². The van der Waals surface area contributed by atoms with Crippen LogP contribution in [0.5, 0.6) is 0 Å². The van der Waals surface area contributed by atoms with Crippen LogP contribution >= 0.6 is 0 Å². The molecule has 0 bridgehead atoms. The summed E-state index contributed by atoms with van der Waals surface area (Å²) in [5, 5.41) is 0. The molecule has 80 valence electrons. The van der Waals surface area contributed by atoms with Gasteiger partial charge in [-0.25, -0.2) is 4.79 Å². The summed E-state index contributed by atoms with van der Waals surface area (Å²) >= 11 is 0. The van der Waals surface area contributed by atoms with Crippen LogP contribution in [0, 0.1) is 5.92 Å². The molecule has 0 radical (unpaired) electrons. The zero-order valence-corrected chi connectivity index (χ0v) is 8.53. The van der Waals surface area contributed by atoms with Crippen LogP contribution in [0.15, 0.2) is 0 Å². The fourth-order valence-corrected chi connectivity index (χ4v) is 0.974. The number of rotatable bonds is 5. The van der Waals surface area contributed by atoms with Crippen molar-refractivity contribution in [2.75, 3.05) is 14.2 Å². The maximum atomic E-state index is 11.3. The highest BCUT2D eigenvalue weighted by molar-refractivity contribution is 6.34. The minimum absolute atomic E-state index is 0.0824. The lowest BCUT2D eigenvalue weighted by molar-refractivity contribution is -0.155. The topological polar surface area (TPSA) is 69.7 Å². The Bertz CT molecular complexity index is 233. The van der Waals surface area contributed by atoms with Crippen molar-refractivity contribution in [2.24, 2.45) is 5.92 Å². The van der Waals surface area contributed by atoms with Gasteiger partial charge in [-0.05, 0) is 6.42 Å². The van der Waals surface area contributed by atoms with Crippen molar-refractivity contribution < 1.29 is 23.9 Å². The molecule has 0 aliphatic carbocycles. The van der Waals surface area contributed by atoms with Crippen molar-refractivity contribution in [1.82, 2.24) is 0 Å². The summed E-state index contributed by atoms with van der Waals surface area (Å²) in [7, 11) is 2.36. The van der Waals surface area contributed by atoms with Crippen LogP contribution in [0.1, 0.15) is 19.8 Å². The number of Topliss-reactive ketones (excluding diaryl/α,β-unsaturated/α-hetero) is 1. The molecule has 5 nitrogen and oxygen atoms in total. The maximum absolute atomic E-state index is 11.3. The molecular weight excluding hydrogens is 188 g/mol. The molecule has 0 saturated heterocycles. The van der Waals surface area contributed by atoms with Gasteiger partial charge in [0.15, 0.2) is 0 Å². The van der Waals surface area contributed by atoms with Gasteiger partial charge in [-0.1, -0.05) is 6.92 Å². The summed E-state index contributed by atoms with van der Waals surface area (Å²) in [6.45, 7) is 1.72. The highest BCUT2D eigenvalue weighted by atomic mass is 16.5. The van der Waals surface area contributed by atoms with E-state index in [1.165, 1.54) is 7.11 Å². The Balaban J connectivity index is 4.33. The first-order valence-electron chi connectivity index (χ1n) is 4.25. The summed E-state index contributed by atoms with van der Waals surface area (Å²) in [5.74, 6) is -2.75. The largest absolute Gasteiger partial charge is 0.469 e. The molecule has 1 atom stereocenters. The minimum atomic E-state index is -0.916. The number of hydrogen-bond acceptors (Lipinski definition) is 5. The van der Waals surface area contributed by atoms with Gasteiger partial charge in [0, 0.05) is 5.92 Å². The lowest BCUT2D eigenvalue weighted by atomic mass is 9.97. The first kappa shape index (κ1) is 12.6. The molecule has 0 amide bonds. The van der Waals surface area contributed by atoms with Crippen molar-refractivity contribution in [3.8, 4) is 0 Å². The normalized spacial score (nSPS) is 11.6. The number of esters is 2. The second-order valence-corrected chi connectivity index (χ2v) is 2.74. The van der Waals surface area contributed by atoms with Gasteiger partial charge in [0.05, 0.1) is 20.6 Å². The van der Waals surface area contributed by atoms with Gasteiger partial charge in [-0.2, -0.15) is 0 Å². The van der Waals surface area contributed by atoms with E-state index in [9.17, 15) is 14.4 Å². The Kier molecular flexibility index (Phi) is 5.52. The summed E-state index contributed by atoms with van der Waals surface area (Å²) in [6, 6.07) is 0. The highest BCUT2D eigenvalue weighted by Crippen LogP contribution is 2.11. The molecule has 0 rings (SSSR count). The zero-order chi connectivity index (χ0) is 11.1. The fraction of sp³-hybridized carbons (Fsp3) is 0.667. The van der Waals surface area contributed by atoms with E-state index in [2.05, 4.69) is 9.47 Å². The smallest absolute Gasteiger partial charge is 0.374 e. The number of ketones is 1. The third-order valence-electron chi connectivity index (χ3n) is 1.89. The summed E-state index contributed by atoms with van der Waals surface area (Å²) in [4.78, 5) is 33.0. The van der Waals surface area contributed by atoms with Gasteiger partial charge in [0.25, 0.3) is 0 Å². The molecule has 0 aromatic heterocycles. The van der Waals surface area contributed by atoms with Crippen LogP contribution in [0.4, 0.5) is 0 Å². The molecule has 0 heterocycles. The van der Waals surface area contributed by atoms with Crippen LogP contribution in [0.3, 0.4) is 0 Å². The average molecular weight is 202 g/mol. The van der Waals surface area contributed by atoms with Gasteiger partial charge >= 0.3 is 11.9 Å². The Labute approximate surface area is 82.4 Å². The van der Waals surface area contributed by atoms with E-state index in [4.69, 9.17) is 0 Å². The lowest BCUT2D eigenvalue weighted by Gasteiger charge is -2.09. The standard InChI is InChI=1S/C9H14O5/c1-4-6(5-7(10)13-2)8(11)9(12)14-3/h6H,4-5H2,1-3H3. The Morgan fingerprint density at radius 3 is 2.07 bits per heavy atom. The van der Waals surface area contributed by atoms with E-state index in [1.54, 1.807) is 6.92 Å². The van der Waals surface area contributed by atoms with Crippen molar-refractivity contribution >= 4 is 17.7 Å². The first-order chi connectivity index (χ1) is 6.56. The molecule has 0 aliphatic heterocycles. The molecule has 1 unspecified atom stereocenters. The SMILES string of the molecule is CCC(CC(=O)OC)C(=O)C(=O)OC. The number of methoxy groups -OCH3 is 2. The molecule has 0 aromatic rings. The molecule has 14 heavy (non-hydrogen) atoms. The molecule has 5 heteroatoms. The summed E-state index contributed by atoms with van der Waals surface area (Å²) in [6.07, 6.45) is 0.323. The van der Waals surface area contributed by atoms with Crippen molar-refractivity contribution in [3.05, 3.63) is 0 Å². The average Bonchev–Trinajstić information content (AvgIpc) is 2.23. The fourth-order valence-electron chi connectivity index (χ4n) is 0.974. The lowest BCUT2D eigenvalue weighted by Crippen LogP contribution is -2.26. The van der Waals surface area contributed by atoms with Crippen molar-refractivity contribution in [3.63, 3.8) is 0 Å². The quantitative estimate of drug-likeness (QED) is 0.474. The molecule has 0 fully saturated rings. The molecule has 0 saturated carbocycles. The first-order valence-corrected chi connectivity index (χ1v) is 4.25. The second kappa shape index (κ2) is 6.12. The van der Waals surface area contributed by atoms with E-state index in [0.717, 1.165) is 7.11 Å². The monoisotopic (exact) mass is 202 g/mol. The van der Waals surface area contributed by atoms with E-state index in [0.29, 0.717) is 6.42 Å². The summed E-state index contributed by atoms with van der Waals surface area (Å²) in [5.41, 5.74) is 0. The Morgan fingerprint density at radius 2 is 1.71 bits per heavy atom. The number of carbonyl (C=O) groups excluding carboxylic acids is 3. The number of hydrogen-bond donors (Lipinski definition) is 0. The van der Waals surface area contributed by atoms with Crippen molar-refractivity contribution in [1.29, 1.82) is 0 Å². The molecule has 0 N–H and O–H groups in total. The molecular formula is C9H14O5. The van der Waals surface area contributed by atoms with Gasteiger partial charge < -0.3 is 9.47 Å². The van der Waals surface area contributed by atoms with E-state index >= 15 is 0 Å². The van der Waals surface area contributed by atoms with Crippen LogP contribution in [0.25, 0.3) is 0 Å². The van der Waals surface area contributed by atoms with Gasteiger partial charge in [-0.3, -0.25) is 9.59 Å². The number of carbonyl (C=O) groups is 3. The summed E-state index contributed by atoms with van der Waals surface area (Å²) < 4.78 is 8.67. The van der Waals surface area contributed by atoms with Crippen LogP contribution in [0.2, 0.25) is 0 Å². The van der Waals surface area contributed by atoms with Gasteiger partial charge in [0.1, 0.15) is 0 Å². The van der Waals surface area contributed by atoms with Crippen LogP contribution in [-0.4, -0.2) is 31.9 Å². The maximum Gasteiger partial charge on any atom is 0.374 e.